The van der Waals surface area contributed by atoms with Crippen LogP contribution in [0.1, 0.15) is 27.9 Å². The Kier molecular flexibility index (Phi) is 4.46. The molecule has 2 N–H and O–H groups in total. The summed E-state index contributed by atoms with van der Waals surface area (Å²) in [6.07, 6.45) is 2.86. The van der Waals surface area contributed by atoms with E-state index >= 15 is 0 Å². The lowest BCUT2D eigenvalue weighted by Crippen LogP contribution is -2.24. The highest BCUT2D eigenvalue weighted by atomic mass is 16.2. The van der Waals surface area contributed by atoms with E-state index in [0.29, 0.717) is 24.9 Å². The molecule has 124 valence electrons. The fraction of sp³-hybridized carbons (Fsp3) is 0.278. The Hall–Kier alpha value is -2.89. The highest BCUT2D eigenvalue weighted by Gasteiger charge is 2.16. The molecule has 0 saturated heterocycles. The second kappa shape index (κ2) is 6.70. The summed E-state index contributed by atoms with van der Waals surface area (Å²) in [7, 11) is 3.85. The molecule has 0 fully saturated rings. The van der Waals surface area contributed by atoms with Crippen LogP contribution in [-0.4, -0.2) is 30.9 Å². The van der Waals surface area contributed by atoms with Gasteiger partial charge in [-0.25, -0.2) is 4.98 Å². The Balaban J connectivity index is 1.67. The van der Waals surface area contributed by atoms with Crippen molar-refractivity contribution in [2.24, 2.45) is 0 Å². The molecule has 1 aliphatic rings. The summed E-state index contributed by atoms with van der Waals surface area (Å²) in [6, 6.07) is 9.20. The minimum absolute atomic E-state index is 0.0223. The normalized spacial score (nSPS) is 13.0. The molecule has 6 heteroatoms. The van der Waals surface area contributed by atoms with Crippen LogP contribution in [-0.2, 0) is 17.8 Å². The van der Waals surface area contributed by atoms with Crippen LogP contribution in [0.2, 0.25) is 0 Å². The molecule has 0 saturated carbocycles. The largest absolute Gasteiger partial charge is 0.363 e. The smallest absolute Gasteiger partial charge is 0.251 e. The number of carbonyl (C=O) groups is 2. The van der Waals surface area contributed by atoms with Crippen molar-refractivity contribution in [1.29, 1.82) is 0 Å². The van der Waals surface area contributed by atoms with E-state index in [1.807, 2.05) is 37.2 Å². The van der Waals surface area contributed by atoms with Crippen molar-refractivity contribution in [3.63, 3.8) is 0 Å². The number of nitrogens with one attached hydrogen (secondary N) is 2. The Bertz CT molecular complexity index is 786. The Morgan fingerprint density at radius 1 is 1.25 bits per heavy atom. The lowest BCUT2D eigenvalue weighted by molar-refractivity contribution is -0.116. The van der Waals surface area contributed by atoms with E-state index in [9.17, 15) is 9.59 Å². The molecule has 2 heterocycles. The van der Waals surface area contributed by atoms with Gasteiger partial charge < -0.3 is 15.5 Å². The number of fused-ring (bicyclic) bond motifs is 1. The van der Waals surface area contributed by atoms with Crippen LogP contribution in [0.15, 0.2) is 36.5 Å². The fourth-order valence-corrected chi connectivity index (χ4v) is 2.62. The molecular formula is C18H20N4O2. The van der Waals surface area contributed by atoms with Gasteiger partial charge in [0.2, 0.25) is 5.91 Å². The van der Waals surface area contributed by atoms with E-state index < -0.39 is 0 Å². The molecule has 0 atom stereocenters. The molecule has 2 aromatic rings. The van der Waals surface area contributed by atoms with E-state index in [-0.39, 0.29) is 11.8 Å². The van der Waals surface area contributed by atoms with Gasteiger partial charge in [0.1, 0.15) is 5.82 Å². The average Bonchev–Trinajstić information content (AvgIpc) is 2.59. The van der Waals surface area contributed by atoms with Crippen LogP contribution >= 0.6 is 0 Å². The first kappa shape index (κ1) is 16.0. The van der Waals surface area contributed by atoms with Crippen molar-refractivity contribution in [3.05, 3.63) is 53.2 Å². The molecule has 0 bridgehead atoms. The molecule has 0 radical (unpaired) electrons. The number of hydrogen-bond donors (Lipinski definition) is 2. The summed E-state index contributed by atoms with van der Waals surface area (Å²) in [5, 5.41) is 5.74. The number of rotatable bonds is 4. The van der Waals surface area contributed by atoms with Crippen molar-refractivity contribution in [1.82, 2.24) is 10.3 Å². The number of benzene rings is 1. The molecule has 0 unspecified atom stereocenters. The summed E-state index contributed by atoms with van der Waals surface area (Å²) < 4.78 is 0. The lowest BCUT2D eigenvalue weighted by atomic mass is 10.00. The van der Waals surface area contributed by atoms with Crippen LogP contribution < -0.4 is 15.5 Å². The fourth-order valence-electron chi connectivity index (χ4n) is 2.62. The lowest BCUT2D eigenvalue weighted by Gasteiger charge is -2.17. The summed E-state index contributed by atoms with van der Waals surface area (Å²) in [5.41, 5.74) is 3.40. The van der Waals surface area contributed by atoms with Crippen molar-refractivity contribution in [2.75, 3.05) is 24.3 Å². The van der Waals surface area contributed by atoms with E-state index in [2.05, 4.69) is 15.6 Å². The maximum Gasteiger partial charge on any atom is 0.251 e. The topological polar surface area (TPSA) is 74.3 Å². The van der Waals surface area contributed by atoms with Crippen molar-refractivity contribution >= 4 is 23.3 Å². The van der Waals surface area contributed by atoms with Crippen molar-refractivity contribution in [2.45, 2.75) is 19.4 Å². The zero-order valence-corrected chi connectivity index (χ0v) is 13.8. The van der Waals surface area contributed by atoms with Gasteiger partial charge in [-0.2, -0.15) is 0 Å². The minimum Gasteiger partial charge on any atom is -0.363 e. The number of amides is 2. The number of anilines is 2. The van der Waals surface area contributed by atoms with Crippen LogP contribution in [0, 0.1) is 0 Å². The second-order valence-corrected chi connectivity index (χ2v) is 6.02. The van der Waals surface area contributed by atoms with Gasteiger partial charge >= 0.3 is 0 Å². The van der Waals surface area contributed by atoms with Gasteiger partial charge in [0.05, 0.1) is 0 Å². The van der Waals surface area contributed by atoms with Crippen LogP contribution in [0.3, 0.4) is 0 Å². The summed E-state index contributed by atoms with van der Waals surface area (Å²) >= 11 is 0. The molecule has 2 amide bonds. The van der Waals surface area contributed by atoms with Gasteiger partial charge in [-0.3, -0.25) is 9.59 Å². The Morgan fingerprint density at radius 3 is 2.88 bits per heavy atom. The molecule has 0 spiro atoms. The maximum atomic E-state index is 12.4. The van der Waals surface area contributed by atoms with Gasteiger partial charge in [-0.15, -0.1) is 0 Å². The predicted molar refractivity (Wildman–Crippen MR) is 93.1 cm³/mol. The van der Waals surface area contributed by atoms with Gasteiger partial charge in [-0.05, 0) is 47.9 Å². The standard InChI is InChI=1S/C18H20N4O2/c1-22(2)16-9-12(7-8-19-16)11-20-18(24)14-3-5-15-13(10-14)4-6-17(23)21-15/h3,5,7-10H,4,6,11H2,1-2H3,(H,20,24)(H,21,23). The minimum atomic E-state index is -0.127. The third-order valence-electron chi connectivity index (χ3n) is 3.98. The first-order chi connectivity index (χ1) is 11.5. The SMILES string of the molecule is CN(C)c1cc(CNC(=O)c2ccc3c(c2)CCC(=O)N3)ccn1. The quantitative estimate of drug-likeness (QED) is 0.901. The third kappa shape index (κ3) is 3.53. The van der Waals surface area contributed by atoms with Crippen LogP contribution in [0.4, 0.5) is 11.5 Å². The summed E-state index contributed by atoms with van der Waals surface area (Å²) in [5.74, 6) is 0.748. The molecule has 3 rings (SSSR count). The second-order valence-electron chi connectivity index (χ2n) is 6.02. The van der Waals surface area contributed by atoms with Gasteiger partial charge in [0, 0.05) is 44.5 Å². The summed E-state index contributed by atoms with van der Waals surface area (Å²) in [6.45, 7) is 0.440. The molecule has 6 nitrogen and oxygen atoms in total. The third-order valence-corrected chi connectivity index (χ3v) is 3.98. The Morgan fingerprint density at radius 2 is 2.08 bits per heavy atom. The molecule has 1 aromatic heterocycles. The molecule has 1 aromatic carbocycles. The van der Waals surface area contributed by atoms with Crippen LogP contribution in [0.5, 0.6) is 0 Å². The highest BCUT2D eigenvalue weighted by molar-refractivity contribution is 5.97. The number of nitrogens with zero attached hydrogens (tertiary/aromatic N) is 2. The monoisotopic (exact) mass is 324 g/mol. The van der Waals surface area contributed by atoms with E-state index in [0.717, 1.165) is 22.6 Å². The Labute approximate surface area is 140 Å². The molecule has 24 heavy (non-hydrogen) atoms. The maximum absolute atomic E-state index is 12.4. The van der Waals surface area contributed by atoms with Crippen molar-refractivity contribution < 1.29 is 9.59 Å². The van der Waals surface area contributed by atoms with Crippen molar-refractivity contribution in [3.8, 4) is 0 Å². The highest BCUT2D eigenvalue weighted by Crippen LogP contribution is 2.23. The van der Waals surface area contributed by atoms with Gasteiger partial charge in [0.15, 0.2) is 0 Å². The summed E-state index contributed by atoms with van der Waals surface area (Å²) in [4.78, 5) is 29.9. The molecule has 1 aliphatic heterocycles. The number of hydrogen-bond acceptors (Lipinski definition) is 4. The molecule has 0 aliphatic carbocycles. The average molecular weight is 324 g/mol. The van der Waals surface area contributed by atoms with E-state index in [1.165, 1.54) is 0 Å². The number of carbonyl (C=O) groups excluding carboxylic acids is 2. The van der Waals surface area contributed by atoms with Gasteiger partial charge in [0.25, 0.3) is 5.91 Å². The first-order valence-corrected chi connectivity index (χ1v) is 7.86. The van der Waals surface area contributed by atoms with Crippen LogP contribution in [0.25, 0.3) is 0 Å². The predicted octanol–water partition coefficient (Wildman–Crippen LogP) is 1.96. The van der Waals surface area contributed by atoms with Gasteiger partial charge in [-0.1, -0.05) is 0 Å². The van der Waals surface area contributed by atoms with E-state index in [4.69, 9.17) is 0 Å². The van der Waals surface area contributed by atoms with E-state index in [1.54, 1.807) is 18.3 Å². The molecular weight excluding hydrogens is 304 g/mol. The number of aromatic nitrogens is 1. The zero-order valence-electron chi connectivity index (χ0n) is 13.8. The zero-order chi connectivity index (χ0) is 17.1. The first-order valence-electron chi connectivity index (χ1n) is 7.86. The number of pyridine rings is 1. The number of aryl methyl sites for hydroxylation is 1.